The number of nitrogens with zero attached hydrogens (tertiary/aromatic N) is 2. The summed E-state index contributed by atoms with van der Waals surface area (Å²) in [6, 6.07) is 13.9. The van der Waals surface area contributed by atoms with Crippen molar-refractivity contribution in [3.05, 3.63) is 97.1 Å². The average molecular weight is 521 g/mol. The summed E-state index contributed by atoms with van der Waals surface area (Å²) in [6.45, 7) is 7.88. The third kappa shape index (κ3) is 6.94. The van der Waals surface area contributed by atoms with Crippen LogP contribution in [0.15, 0.2) is 54.6 Å². The normalized spacial score (nSPS) is 11.3. The van der Waals surface area contributed by atoms with Crippen molar-refractivity contribution in [1.82, 2.24) is 0 Å². The van der Waals surface area contributed by atoms with Crippen molar-refractivity contribution in [3.8, 4) is 17.2 Å². The Kier molecular flexibility index (Phi) is 8.46. The summed E-state index contributed by atoms with van der Waals surface area (Å²) in [5.41, 5.74) is 1.92. The predicted octanol–water partition coefficient (Wildman–Crippen LogP) is 6.27. The van der Waals surface area contributed by atoms with E-state index in [2.05, 4.69) is 20.8 Å². The van der Waals surface area contributed by atoms with Crippen LogP contribution in [0.1, 0.15) is 43.0 Å². The molecule has 0 fully saturated rings. The Balaban J connectivity index is 1.74. The third-order valence-corrected chi connectivity index (χ3v) is 5.58. The number of benzene rings is 3. The highest BCUT2D eigenvalue weighted by molar-refractivity contribution is 5.77. The Labute approximate surface area is 219 Å². The Hall–Kier alpha value is -4.73. The van der Waals surface area contributed by atoms with Gasteiger partial charge in [0.15, 0.2) is 18.1 Å². The summed E-state index contributed by atoms with van der Waals surface area (Å²) in [4.78, 5) is 33.4. The number of aryl methyl sites for hydroxylation is 1. The molecule has 3 aromatic carbocycles. The molecule has 0 saturated heterocycles. The van der Waals surface area contributed by atoms with Crippen LogP contribution in [0.5, 0.6) is 17.2 Å². The highest BCUT2D eigenvalue weighted by Crippen LogP contribution is 2.33. The van der Waals surface area contributed by atoms with Gasteiger partial charge in [-0.05, 0) is 53.8 Å². The van der Waals surface area contributed by atoms with E-state index in [-0.39, 0.29) is 34.8 Å². The van der Waals surface area contributed by atoms with Crippen LogP contribution in [0.4, 0.5) is 11.4 Å². The second-order valence-electron chi connectivity index (χ2n) is 9.51. The van der Waals surface area contributed by atoms with Crippen molar-refractivity contribution in [1.29, 1.82) is 0 Å². The van der Waals surface area contributed by atoms with Gasteiger partial charge in [-0.2, -0.15) is 0 Å². The minimum Gasteiger partial charge on any atom is -0.493 e. The van der Waals surface area contributed by atoms with Crippen LogP contribution in [0.3, 0.4) is 0 Å². The first-order valence-corrected chi connectivity index (χ1v) is 11.6. The first-order valence-electron chi connectivity index (χ1n) is 11.6. The zero-order valence-corrected chi connectivity index (χ0v) is 21.7. The molecule has 0 aromatic heterocycles. The molecule has 0 aliphatic carbocycles. The van der Waals surface area contributed by atoms with E-state index in [0.717, 1.165) is 17.2 Å². The molecule has 0 aliphatic heterocycles. The topological polar surface area (TPSA) is 131 Å². The van der Waals surface area contributed by atoms with Gasteiger partial charge in [0.05, 0.1) is 28.6 Å². The number of carbonyl (C=O) groups excluding carboxylic acids is 1. The molecule has 0 heterocycles. The third-order valence-electron chi connectivity index (χ3n) is 5.58. The number of hydrogen-bond donors (Lipinski definition) is 0. The lowest BCUT2D eigenvalue weighted by atomic mass is 9.85. The molecule has 0 N–H and O–H groups in total. The largest absolute Gasteiger partial charge is 0.493 e. The van der Waals surface area contributed by atoms with Gasteiger partial charge in [0.25, 0.3) is 11.4 Å². The van der Waals surface area contributed by atoms with E-state index in [4.69, 9.17) is 14.2 Å². The van der Waals surface area contributed by atoms with E-state index in [0.29, 0.717) is 11.3 Å². The molecule has 198 valence electrons. The molecule has 0 atom stereocenters. The van der Waals surface area contributed by atoms with Gasteiger partial charge >= 0.3 is 5.97 Å². The molecule has 0 aliphatic rings. The maximum absolute atomic E-state index is 12.5. The maximum atomic E-state index is 12.5. The van der Waals surface area contributed by atoms with Crippen molar-refractivity contribution in [2.75, 3.05) is 13.7 Å². The smallest absolute Gasteiger partial charge is 0.349 e. The number of esters is 1. The van der Waals surface area contributed by atoms with E-state index in [1.807, 2.05) is 25.1 Å². The molecule has 10 nitrogen and oxygen atoms in total. The number of methoxy groups -OCH3 is 1. The van der Waals surface area contributed by atoms with Gasteiger partial charge in [-0.15, -0.1) is 0 Å². The summed E-state index contributed by atoms with van der Waals surface area (Å²) in [5.74, 6) is 0.435. The molecule has 0 bridgehead atoms. The standard InChI is InChI=1S/C28H28N2O8/c1-18-6-12-24(22(14-18)28(2,3)4)37-17-27(31)38-25-13-8-19(15-26(25)36-5)7-9-20-10-11-21(29(32)33)16-23(20)30(34)35/h6-16H,17H2,1-5H3. The number of hydrogen-bond acceptors (Lipinski definition) is 8. The van der Waals surface area contributed by atoms with Crippen molar-refractivity contribution >= 4 is 29.5 Å². The molecule has 0 amide bonds. The fourth-order valence-corrected chi connectivity index (χ4v) is 3.65. The van der Waals surface area contributed by atoms with E-state index in [1.165, 1.54) is 31.4 Å². The summed E-state index contributed by atoms with van der Waals surface area (Å²) in [7, 11) is 1.42. The number of nitro benzene ring substituents is 2. The Morgan fingerprint density at radius 3 is 2.24 bits per heavy atom. The number of nitro groups is 2. The molecule has 38 heavy (non-hydrogen) atoms. The minimum atomic E-state index is -0.694. The van der Waals surface area contributed by atoms with Gasteiger partial charge in [-0.3, -0.25) is 20.2 Å². The minimum absolute atomic E-state index is 0.174. The molecule has 0 radical (unpaired) electrons. The van der Waals surface area contributed by atoms with Crippen LogP contribution in [-0.2, 0) is 10.2 Å². The number of ether oxygens (including phenoxy) is 3. The fourth-order valence-electron chi connectivity index (χ4n) is 3.65. The molecule has 3 aromatic rings. The molecule has 0 spiro atoms. The molecule has 0 saturated carbocycles. The quantitative estimate of drug-likeness (QED) is 0.106. The summed E-state index contributed by atoms with van der Waals surface area (Å²) in [5, 5.41) is 22.3. The van der Waals surface area contributed by atoms with Crippen LogP contribution in [0.25, 0.3) is 12.2 Å². The highest BCUT2D eigenvalue weighted by atomic mass is 16.6. The van der Waals surface area contributed by atoms with Crippen LogP contribution in [0.2, 0.25) is 0 Å². The Morgan fingerprint density at radius 2 is 1.61 bits per heavy atom. The van der Waals surface area contributed by atoms with Crippen LogP contribution in [-0.4, -0.2) is 29.5 Å². The van der Waals surface area contributed by atoms with E-state index in [9.17, 15) is 25.0 Å². The zero-order chi connectivity index (χ0) is 28.0. The van der Waals surface area contributed by atoms with E-state index >= 15 is 0 Å². The van der Waals surface area contributed by atoms with Crippen LogP contribution >= 0.6 is 0 Å². The SMILES string of the molecule is COc1cc(C=Cc2ccc([N+](=O)[O-])cc2[N+](=O)[O-])ccc1OC(=O)COc1ccc(C)cc1C(C)(C)C. The van der Waals surface area contributed by atoms with Crippen molar-refractivity contribution in [2.24, 2.45) is 0 Å². The van der Waals surface area contributed by atoms with Gasteiger partial charge in [-0.1, -0.05) is 50.6 Å². The number of non-ortho nitro benzene ring substituents is 1. The van der Waals surface area contributed by atoms with Gasteiger partial charge in [-0.25, -0.2) is 4.79 Å². The van der Waals surface area contributed by atoms with Crippen LogP contribution < -0.4 is 14.2 Å². The summed E-state index contributed by atoms with van der Waals surface area (Å²) in [6.07, 6.45) is 3.04. The number of carbonyl (C=O) groups is 1. The lowest BCUT2D eigenvalue weighted by molar-refractivity contribution is -0.394. The second-order valence-corrected chi connectivity index (χ2v) is 9.51. The van der Waals surface area contributed by atoms with Gasteiger partial charge < -0.3 is 14.2 Å². The van der Waals surface area contributed by atoms with Gasteiger partial charge in [0.2, 0.25) is 0 Å². The lowest BCUT2D eigenvalue weighted by Crippen LogP contribution is -2.20. The summed E-state index contributed by atoms with van der Waals surface area (Å²) < 4.78 is 16.6. The Bertz CT molecular complexity index is 1410. The maximum Gasteiger partial charge on any atom is 0.349 e. The molecule has 10 heteroatoms. The first kappa shape index (κ1) is 27.9. The van der Waals surface area contributed by atoms with Gasteiger partial charge in [0, 0.05) is 6.07 Å². The van der Waals surface area contributed by atoms with E-state index in [1.54, 1.807) is 18.2 Å². The first-order chi connectivity index (χ1) is 17.9. The second kappa shape index (κ2) is 11.5. The monoisotopic (exact) mass is 520 g/mol. The average Bonchev–Trinajstić information content (AvgIpc) is 2.86. The zero-order valence-electron chi connectivity index (χ0n) is 21.7. The number of rotatable bonds is 9. The predicted molar refractivity (Wildman–Crippen MR) is 143 cm³/mol. The van der Waals surface area contributed by atoms with Crippen molar-refractivity contribution in [2.45, 2.75) is 33.1 Å². The van der Waals surface area contributed by atoms with Gasteiger partial charge in [0.1, 0.15) is 5.75 Å². The molecule has 3 rings (SSSR count). The highest BCUT2D eigenvalue weighted by Gasteiger charge is 2.21. The van der Waals surface area contributed by atoms with E-state index < -0.39 is 21.5 Å². The lowest BCUT2D eigenvalue weighted by Gasteiger charge is -2.23. The Morgan fingerprint density at radius 1 is 0.895 bits per heavy atom. The summed E-state index contributed by atoms with van der Waals surface area (Å²) >= 11 is 0. The van der Waals surface area contributed by atoms with Crippen molar-refractivity contribution in [3.63, 3.8) is 0 Å². The fraction of sp³-hybridized carbons (Fsp3) is 0.250. The molecule has 0 unspecified atom stereocenters. The van der Waals surface area contributed by atoms with Crippen molar-refractivity contribution < 1.29 is 28.9 Å². The molecular weight excluding hydrogens is 492 g/mol. The molecular formula is C28H28N2O8. The van der Waals surface area contributed by atoms with Crippen LogP contribution in [0, 0.1) is 27.2 Å².